The van der Waals surface area contributed by atoms with E-state index in [-0.39, 0.29) is 12.1 Å². The van der Waals surface area contributed by atoms with Gasteiger partial charge in [-0.15, -0.1) is 0 Å². The number of ether oxygens (including phenoxy) is 2. The molecule has 120 valence electrons. The fourth-order valence-electron chi connectivity index (χ4n) is 4.18. The number of carbonyl (C=O) groups excluding carboxylic acids is 1. The van der Waals surface area contributed by atoms with Gasteiger partial charge in [-0.1, -0.05) is 12.1 Å². The third-order valence-electron chi connectivity index (χ3n) is 5.19. The second kappa shape index (κ2) is 4.96. The van der Waals surface area contributed by atoms with Gasteiger partial charge in [0.25, 0.3) is 0 Å². The van der Waals surface area contributed by atoms with Crippen LogP contribution in [0.2, 0.25) is 0 Å². The second-order valence-corrected chi connectivity index (χ2v) is 6.71. The van der Waals surface area contributed by atoms with Crippen LogP contribution in [0.15, 0.2) is 18.2 Å². The van der Waals surface area contributed by atoms with Gasteiger partial charge in [0.05, 0.1) is 6.54 Å². The summed E-state index contributed by atoms with van der Waals surface area (Å²) in [6.45, 7) is 1.25. The van der Waals surface area contributed by atoms with E-state index in [4.69, 9.17) is 9.47 Å². The summed E-state index contributed by atoms with van der Waals surface area (Å²) in [6, 6.07) is 6.74. The topological polar surface area (TPSA) is 65.4 Å². The van der Waals surface area contributed by atoms with Crippen molar-refractivity contribution in [1.29, 1.82) is 0 Å². The Morgan fingerprint density at radius 3 is 2.96 bits per heavy atom. The molecule has 2 atom stereocenters. The first-order valence-corrected chi connectivity index (χ1v) is 8.37. The number of fused-ring (bicyclic) bond motifs is 2. The number of rotatable bonds is 2. The average Bonchev–Trinajstić information content (AvgIpc) is 3.10. The number of para-hydroxylation sites is 1. The van der Waals surface area contributed by atoms with Crippen LogP contribution in [0.1, 0.15) is 36.2 Å². The quantitative estimate of drug-likeness (QED) is 0.858. The molecule has 5 rings (SSSR count). The standard InChI is InChI=1S/C17H19N3O3/c21-17(23-12-8-10-4-5-11(9-12)18-10)15-13-2-1-3-14-16(13)20(19-15)6-7-22-14/h1-3,10-12,18H,4-9H2. The predicted molar refractivity (Wildman–Crippen MR) is 83.6 cm³/mol. The lowest BCUT2D eigenvalue weighted by Crippen LogP contribution is -2.42. The van der Waals surface area contributed by atoms with Gasteiger partial charge in [-0.05, 0) is 31.7 Å². The molecule has 1 aromatic carbocycles. The van der Waals surface area contributed by atoms with Gasteiger partial charge in [-0.2, -0.15) is 5.10 Å². The number of hydrogen-bond donors (Lipinski definition) is 1. The molecule has 3 aliphatic rings. The van der Waals surface area contributed by atoms with Gasteiger partial charge in [0.1, 0.15) is 24.0 Å². The molecule has 6 nitrogen and oxygen atoms in total. The van der Waals surface area contributed by atoms with Crippen molar-refractivity contribution in [3.8, 4) is 5.75 Å². The van der Waals surface area contributed by atoms with Crippen LogP contribution < -0.4 is 10.1 Å². The molecule has 2 bridgehead atoms. The zero-order chi connectivity index (χ0) is 15.4. The van der Waals surface area contributed by atoms with E-state index in [1.807, 2.05) is 22.9 Å². The van der Waals surface area contributed by atoms with E-state index >= 15 is 0 Å². The van der Waals surface area contributed by atoms with Crippen molar-refractivity contribution < 1.29 is 14.3 Å². The van der Waals surface area contributed by atoms with Crippen molar-refractivity contribution in [2.45, 2.75) is 50.4 Å². The molecule has 1 aromatic heterocycles. The summed E-state index contributed by atoms with van der Waals surface area (Å²) < 4.78 is 13.3. The van der Waals surface area contributed by atoms with Crippen molar-refractivity contribution >= 4 is 16.9 Å². The molecule has 4 heterocycles. The highest BCUT2D eigenvalue weighted by atomic mass is 16.5. The minimum atomic E-state index is -0.306. The summed E-state index contributed by atoms with van der Waals surface area (Å²) in [5.41, 5.74) is 1.31. The lowest BCUT2D eigenvalue weighted by atomic mass is 10.0. The van der Waals surface area contributed by atoms with Crippen molar-refractivity contribution in [3.63, 3.8) is 0 Å². The van der Waals surface area contributed by atoms with Crippen LogP contribution in [0.5, 0.6) is 5.75 Å². The first-order chi connectivity index (χ1) is 11.3. The third-order valence-corrected chi connectivity index (χ3v) is 5.19. The highest BCUT2D eigenvalue weighted by Gasteiger charge is 2.36. The van der Waals surface area contributed by atoms with Gasteiger partial charge in [0, 0.05) is 17.5 Å². The van der Waals surface area contributed by atoms with Gasteiger partial charge < -0.3 is 14.8 Å². The number of benzene rings is 1. The summed E-state index contributed by atoms with van der Waals surface area (Å²) in [6.07, 6.45) is 4.21. The zero-order valence-corrected chi connectivity index (χ0v) is 12.8. The van der Waals surface area contributed by atoms with E-state index in [0.29, 0.717) is 30.9 Å². The van der Waals surface area contributed by atoms with Crippen LogP contribution >= 0.6 is 0 Å². The fourth-order valence-corrected chi connectivity index (χ4v) is 4.18. The lowest BCUT2D eigenvalue weighted by Gasteiger charge is -2.28. The molecule has 1 N–H and O–H groups in total. The van der Waals surface area contributed by atoms with Gasteiger partial charge >= 0.3 is 5.97 Å². The first kappa shape index (κ1) is 13.4. The zero-order valence-electron chi connectivity index (χ0n) is 12.8. The molecule has 23 heavy (non-hydrogen) atoms. The largest absolute Gasteiger partial charge is 0.489 e. The Morgan fingerprint density at radius 2 is 2.13 bits per heavy atom. The number of piperidine rings is 1. The maximum atomic E-state index is 12.7. The Balaban J connectivity index is 1.44. The Labute approximate surface area is 133 Å². The molecular weight excluding hydrogens is 294 g/mol. The van der Waals surface area contributed by atoms with Crippen LogP contribution in [0.4, 0.5) is 0 Å². The molecule has 2 saturated heterocycles. The molecule has 0 radical (unpaired) electrons. The number of esters is 1. The van der Waals surface area contributed by atoms with Crippen LogP contribution in [0.25, 0.3) is 10.9 Å². The summed E-state index contributed by atoms with van der Waals surface area (Å²) in [5, 5.41) is 8.87. The van der Waals surface area contributed by atoms with Crippen molar-refractivity contribution in [1.82, 2.24) is 15.1 Å². The smallest absolute Gasteiger partial charge is 0.359 e. The van der Waals surface area contributed by atoms with Crippen LogP contribution in [-0.4, -0.2) is 40.5 Å². The van der Waals surface area contributed by atoms with E-state index in [2.05, 4.69) is 10.4 Å². The SMILES string of the molecule is O=C(OC1CC2CCC(C1)N2)c1nn2c3c(cccc13)OCC2. The van der Waals surface area contributed by atoms with Crippen molar-refractivity contribution in [2.75, 3.05) is 6.61 Å². The minimum absolute atomic E-state index is 0.00557. The van der Waals surface area contributed by atoms with Crippen molar-refractivity contribution in [2.24, 2.45) is 0 Å². The third kappa shape index (κ3) is 2.12. The van der Waals surface area contributed by atoms with Crippen LogP contribution in [0.3, 0.4) is 0 Å². The Morgan fingerprint density at radius 1 is 1.30 bits per heavy atom. The number of carbonyl (C=O) groups is 1. The number of nitrogens with one attached hydrogen (secondary N) is 1. The molecular formula is C17H19N3O3. The van der Waals surface area contributed by atoms with Crippen molar-refractivity contribution in [3.05, 3.63) is 23.9 Å². The van der Waals surface area contributed by atoms with E-state index in [0.717, 1.165) is 29.5 Å². The molecule has 2 aromatic rings. The van der Waals surface area contributed by atoms with E-state index in [9.17, 15) is 4.79 Å². The average molecular weight is 313 g/mol. The predicted octanol–water partition coefficient (Wildman–Crippen LogP) is 1.87. The van der Waals surface area contributed by atoms with Gasteiger partial charge in [0.2, 0.25) is 0 Å². The minimum Gasteiger partial charge on any atom is -0.489 e. The van der Waals surface area contributed by atoms with Crippen LogP contribution in [-0.2, 0) is 11.3 Å². The maximum absolute atomic E-state index is 12.7. The Hall–Kier alpha value is -2.08. The van der Waals surface area contributed by atoms with Crippen LogP contribution in [0, 0.1) is 0 Å². The number of nitrogens with zero attached hydrogens (tertiary/aromatic N) is 2. The monoisotopic (exact) mass is 313 g/mol. The molecule has 2 unspecified atom stereocenters. The summed E-state index contributed by atoms with van der Waals surface area (Å²) in [4.78, 5) is 12.7. The molecule has 2 fully saturated rings. The highest BCUT2D eigenvalue weighted by molar-refractivity contribution is 6.04. The molecule has 0 amide bonds. The maximum Gasteiger partial charge on any atom is 0.359 e. The normalized spacial score (nSPS) is 28.6. The second-order valence-electron chi connectivity index (χ2n) is 6.71. The first-order valence-electron chi connectivity index (χ1n) is 8.37. The molecule has 3 aliphatic heterocycles. The highest BCUT2D eigenvalue weighted by Crippen LogP contribution is 2.32. The summed E-state index contributed by atoms with van der Waals surface area (Å²) in [5.74, 6) is 0.485. The fraction of sp³-hybridized carbons (Fsp3) is 0.529. The van der Waals surface area contributed by atoms with E-state index < -0.39 is 0 Å². The molecule has 0 aliphatic carbocycles. The molecule has 0 spiro atoms. The number of hydrogen-bond acceptors (Lipinski definition) is 5. The summed E-state index contributed by atoms with van der Waals surface area (Å²) >= 11 is 0. The summed E-state index contributed by atoms with van der Waals surface area (Å²) in [7, 11) is 0. The van der Waals surface area contributed by atoms with Gasteiger partial charge in [-0.25, -0.2) is 4.79 Å². The Kier molecular flexibility index (Phi) is 2.88. The lowest BCUT2D eigenvalue weighted by molar-refractivity contribution is 0.0171. The Bertz CT molecular complexity index is 773. The van der Waals surface area contributed by atoms with E-state index in [1.165, 1.54) is 12.8 Å². The van der Waals surface area contributed by atoms with E-state index in [1.54, 1.807) is 0 Å². The molecule has 0 saturated carbocycles. The number of aromatic nitrogens is 2. The molecule has 6 heteroatoms. The van der Waals surface area contributed by atoms with Gasteiger partial charge in [0.15, 0.2) is 5.69 Å². The van der Waals surface area contributed by atoms with Gasteiger partial charge in [-0.3, -0.25) is 4.68 Å².